The summed E-state index contributed by atoms with van der Waals surface area (Å²) in [5.41, 5.74) is 7.56. The third-order valence-electron chi connectivity index (χ3n) is 8.65. The van der Waals surface area contributed by atoms with Crippen molar-refractivity contribution in [3.8, 4) is 22.5 Å². The Kier molecular flexibility index (Phi) is 6.80. The molecule has 0 spiro atoms. The lowest BCUT2D eigenvalue weighted by atomic mass is 9.77. The van der Waals surface area contributed by atoms with Crippen LogP contribution in [0.3, 0.4) is 0 Å². The van der Waals surface area contributed by atoms with E-state index in [9.17, 15) is 0 Å². The molecule has 8 rings (SSSR count). The second kappa shape index (κ2) is 11.4. The number of aryl methyl sites for hydroxylation is 1. The molecule has 222 valence electrons. The molecule has 8 nitrogen and oxygen atoms in total. The Morgan fingerprint density at radius 2 is 1.17 bits per heavy atom. The largest absolute Gasteiger partial charge is 0.307 e. The summed E-state index contributed by atoms with van der Waals surface area (Å²) >= 11 is 0. The molecule has 0 aliphatic rings. The van der Waals surface area contributed by atoms with Gasteiger partial charge in [0.1, 0.15) is 11.4 Å². The van der Waals surface area contributed by atoms with Crippen molar-refractivity contribution in [3.05, 3.63) is 180 Å². The van der Waals surface area contributed by atoms with Crippen LogP contribution in [-0.4, -0.2) is 39.6 Å². The molecule has 0 atom stereocenters. The number of hydrogen-bond acceptors (Lipinski definition) is 5. The first-order chi connectivity index (χ1) is 22.7. The van der Waals surface area contributed by atoms with Gasteiger partial charge in [0.25, 0.3) is 0 Å². The lowest BCUT2D eigenvalue weighted by Gasteiger charge is -2.36. The first-order valence-corrected chi connectivity index (χ1v) is 15.2. The van der Waals surface area contributed by atoms with Crippen LogP contribution < -0.4 is 0 Å². The summed E-state index contributed by atoms with van der Waals surface area (Å²) in [5, 5.41) is 22.6. The van der Waals surface area contributed by atoms with Gasteiger partial charge >= 0.3 is 0 Å². The van der Waals surface area contributed by atoms with E-state index in [0.29, 0.717) is 12.4 Å². The van der Waals surface area contributed by atoms with Crippen LogP contribution in [0.2, 0.25) is 0 Å². The minimum absolute atomic E-state index is 0.674. The van der Waals surface area contributed by atoms with Crippen molar-refractivity contribution < 1.29 is 0 Å². The van der Waals surface area contributed by atoms with Crippen molar-refractivity contribution in [2.75, 3.05) is 0 Å². The first kappa shape index (κ1) is 27.4. The van der Waals surface area contributed by atoms with E-state index in [1.807, 2.05) is 41.9 Å². The molecular formula is C38H30N8. The van der Waals surface area contributed by atoms with Gasteiger partial charge in [-0.25, -0.2) is 4.68 Å². The Morgan fingerprint density at radius 3 is 1.78 bits per heavy atom. The Morgan fingerprint density at radius 1 is 0.609 bits per heavy atom. The zero-order valence-electron chi connectivity index (χ0n) is 25.2. The summed E-state index contributed by atoms with van der Waals surface area (Å²) in [7, 11) is 0. The van der Waals surface area contributed by atoms with E-state index in [0.717, 1.165) is 44.9 Å². The van der Waals surface area contributed by atoms with Crippen LogP contribution in [0.1, 0.15) is 28.1 Å². The summed E-state index contributed by atoms with van der Waals surface area (Å²) in [6.45, 7) is 2.71. The van der Waals surface area contributed by atoms with Crippen LogP contribution in [-0.2, 0) is 12.1 Å². The van der Waals surface area contributed by atoms with E-state index < -0.39 is 5.54 Å². The summed E-state index contributed by atoms with van der Waals surface area (Å²) in [4.78, 5) is 0. The highest BCUT2D eigenvalue weighted by atomic mass is 15.6. The molecule has 0 bridgehead atoms. The van der Waals surface area contributed by atoms with Crippen molar-refractivity contribution in [2.45, 2.75) is 19.0 Å². The van der Waals surface area contributed by atoms with Crippen molar-refractivity contribution in [1.29, 1.82) is 0 Å². The highest BCUT2D eigenvalue weighted by molar-refractivity contribution is 5.81. The van der Waals surface area contributed by atoms with Crippen LogP contribution in [0.4, 0.5) is 0 Å². The van der Waals surface area contributed by atoms with Crippen molar-refractivity contribution in [1.82, 2.24) is 39.6 Å². The fraction of sp³-hybridized carbons (Fsp3) is 0.0789. The molecule has 0 aliphatic heterocycles. The van der Waals surface area contributed by atoms with Gasteiger partial charge in [-0.1, -0.05) is 140 Å². The SMILES string of the molecule is Cc1nn2nccc2n1Cc1ccc(-c2ccccc2-c2nnnn2C(c2ccccc2)(c2ccccc2)c2ccccc2)cc1. The van der Waals surface area contributed by atoms with E-state index >= 15 is 0 Å². The van der Waals surface area contributed by atoms with E-state index in [1.54, 1.807) is 10.8 Å². The van der Waals surface area contributed by atoms with Crippen molar-refractivity contribution >= 4 is 5.65 Å². The van der Waals surface area contributed by atoms with Gasteiger partial charge in [-0.3, -0.25) is 0 Å². The van der Waals surface area contributed by atoms with Crippen LogP contribution >= 0.6 is 0 Å². The zero-order valence-corrected chi connectivity index (χ0v) is 25.2. The predicted molar refractivity (Wildman–Crippen MR) is 178 cm³/mol. The molecule has 0 aliphatic carbocycles. The number of rotatable bonds is 8. The average molecular weight is 599 g/mol. The van der Waals surface area contributed by atoms with Crippen molar-refractivity contribution in [2.24, 2.45) is 0 Å². The molecule has 0 unspecified atom stereocenters. The molecule has 0 fully saturated rings. The molecule has 0 saturated carbocycles. The van der Waals surface area contributed by atoms with Crippen LogP contribution in [0, 0.1) is 6.92 Å². The quantitative estimate of drug-likeness (QED) is 0.175. The monoisotopic (exact) mass is 598 g/mol. The normalized spacial score (nSPS) is 11.7. The number of nitrogens with zero attached hydrogens (tertiary/aromatic N) is 8. The number of tetrazole rings is 1. The fourth-order valence-electron chi connectivity index (χ4n) is 6.50. The number of aromatic nitrogens is 8. The highest BCUT2D eigenvalue weighted by Gasteiger charge is 2.42. The van der Waals surface area contributed by atoms with Gasteiger partial charge in [-0.15, -0.1) is 14.8 Å². The number of benzene rings is 5. The maximum atomic E-state index is 4.75. The fourth-order valence-corrected chi connectivity index (χ4v) is 6.50. The van der Waals surface area contributed by atoms with E-state index in [-0.39, 0.29) is 0 Å². The summed E-state index contributed by atoms with van der Waals surface area (Å²) in [5.74, 6) is 1.59. The Hall–Kier alpha value is -6.15. The maximum Gasteiger partial charge on any atom is 0.184 e. The van der Waals surface area contributed by atoms with Gasteiger partial charge < -0.3 is 4.57 Å². The summed E-state index contributed by atoms with van der Waals surface area (Å²) in [6, 6.07) is 50.4. The minimum Gasteiger partial charge on any atom is -0.307 e. The Bertz CT molecular complexity index is 2130. The Labute approximate surface area is 266 Å². The van der Waals surface area contributed by atoms with E-state index in [4.69, 9.17) is 10.3 Å². The topological polar surface area (TPSA) is 78.7 Å². The van der Waals surface area contributed by atoms with Gasteiger partial charge in [0.2, 0.25) is 0 Å². The first-order valence-electron chi connectivity index (χ1n) is 15.2. The number of fused-ring (bicyclic) bond motifs is 1. The van der Waals surface area contributed by atoms with E-state index in [1.165, 1.54) is 5.56 Å². The highest BCUT2D eigenvalue weighted by Crippen LogP contribution is 2.43. The standard InChI is InChI=1S/C38H30N8/c1-28-41-46-36(25-26-39-46)44(28)27-29-21-23-30(24-22-29)34-19-11-12-20-35(34)37-40-42-43-45(37)38(31-13-5-2-6-14-31,32-15-7-3-8-16-32)33-17-9-4-10-18-33/h2-26H,27H2,1H3. The van der Waals surface area contributed by atoms with Gasteiger partial charge in [0.15, 0.2) is 11.5 Å². The van der Waals surface area contributed by atoms with Gasteiger partial charge in [0, 0.05) is 11.6 Å². The second-order valence-electron chi connectivity index (χ2n) is 11.3. The number of hydrogen-bond donors (Lipinski definition) is 0. The van der Waals surface area contributed by atoms with Gasteiger partial charge in [-0.2, -0.15) is 5.10 Å². The molecule has 46 heavy (non-hydrogen) atoms. The molecule has 0 amide bonds. The third-order valence-corrected chi connectivity index (χ3v) is 8.65. The Balaban J connectivity index is 1.27. The van der Waals surface area contributed by atoms with E-state index in [2.05, 4.69) is 135 Å². The van der Waals surface area contributed by atoms with Crippen LogP contribution in [0.5, 0.6) is 0 Å². The third kappa shape index (κ3) is 4.50. The van der Waals surface area contributed by atoms with Crippen LogP contribution in [0.15, 0.2) is 152 Å². The molecule has 0 radical (unpaired) electrons. The molecule has 3 aromatic heterocycles. The second-order valence-corrected chi connectivity index (χ2v) is 11.3. The lowest BCUT2D eigenvalue weighted by Crippen LogP contribution is -2.39. The predicted octanol–water partition coefficient (Wildman–Crippen LogP) is 7.05. The minimum atomic E-state index is -0.832. The van der Waals surface area contributed by atoms with Crippen molar-refractivity contribution in [3.63, 3.8) is 0 Å². The smallest absolute Gasteiger partial charge is 0.184 e. The maximum absolute atomic E-state index is 4.75. The lowest BCUT2D eigenvalue weighted by molar-refractivity contribution is 0.451. The van der Waals surface area contributed by atoms with Gasteiger partial charge in [-0.05, 0) is 50.7 Å². The summed E-state index contributed by atoms with van der Waals surface area (Å²) in [6.07, 6.45) is 1.77. The molecule has 8 aromatic rings. The molecule has 0 saturated heterocycles. The summed E-state index contributed by atoms with van der Waals surface area (Å²) < 4.78 is 5.82. The molecule has 0 N–H and O–H groups in total. The van der Waals surface area contributed by atoms with Crippen LogP contribution in [0.25, 0.3) is 28.2 Å². The molecule has 5 aromatic carbocycles. The van der Waals surface area contributed by atoms with Gasteiger partial charge in [0.05, 0.1) is 12.7 Å². The molecule has 3 heterocycles. The molecular weight excluding hydrogens is 568 g/mol. The zero-order chi connectivity index (χ0) is 30.9. The average Bonchev–Trinajstić information content (AvgIpc) is 3.86. The molecule has 8 heteroatoms.